The van der Waals surface area contributed by atoms with E-state index in [0.29, 0.717) is 22.5 Å². The van der Waals surface area contributed by atoms with Crippen molar-refractivity contribution in [2.24, 2.45) is 0 Å². The van der Waals surface area contributed by atoms with Crippen LogP contribution in [0.1, 0.15) is 31.7 Å². The maximum absolute atomic E-state index is 13.9. The lowest BCUT2D eigenvalue weighted by Crippen LogP contribution is -2.37. The van der Waals surface area contributed by atoms with Gasteiger partial charge in [-0.3, -0.25) is 4.90 Å². The molecule has 4 rings (SSSR count). The summed E-state index contributed by atoms with van der Waals surface area (Å²) in [5.74, 6) is 0.238. The van der Waals surface area contributed by atoms with Crippen LogP contribution in [0.4, 0.5) is 10.3 Å². The third-order valence-electron chi connectivity index (χ3n) is 4.91. The van der Waals surface area contributed by atoms with Crippen molar-refractivity contribution in [1.29, 1.82) is 0 Å². The van der Waals surface area contributed by atoms with E-state index >= 15 is 0 Å². The lowest BCUT2D eigenvalue weighted by molar-refractivity contribution is 0.175. The molecule has 21 heavy (non-hydrogen) atoms. The Morgan fingerprint density at radius 1 is 1.19 bits per heavy atom. The van der Waals surface area contributed by atoms with E-state index in [1.165, 1.54) is 25.8 Å². The standard InChI is InChI=1S/C15H18BrFN4/c16-9-7-11-14(8-10(9)17)21(15(18)19-11)13-4-6-20-5-2-1-3-12(13)20/h7-8,12-13H,1-6H2,(H2,18,19). The molecular formula is C15H18BrFN4. The zero-order valence-electron chi connectivity index (χ0n) is 11.7. The van der Waals surface area contributed by atoms with E-state index in [2.05, 4.69) is 30.4 Å². The minimum atomic E-state index is -0.262. The fourth-order valence-corrected chi connectivity index (χ4v) is 4.31. The van der Waals surface area contributed by atoms with Gasteiger partial charge >= 0.3 is 0 Å². The molecule has 2 fully saturated rings. The van der Waals surface area contributed by atoms with Crippen molar-refractivity contribution in [3.8, 4) is 0 Å². The summed E-state index contributed by atoms with van der Waals surface area (Å²) in [5, 5.41) is 0. The number of nitrogen functional groups attached to an aromatic ring is 1. The van der Waals surface area contributed by atoms with E-state index in [9.17, 15) is 4.39 Å². The first-order chi connectivity index (χ1) is 10.1. The molecule has 2 aliphatic heterocycles. The summed E-state index contributed by atoms with van der Waals surface area (Å²) >= 11 is 3.22. The third kappa shape index (κ3) is 2.07. The fraction of sp³-hybridized carbons (Fsp3) is 0.533. The number of nitrogens with two attached hydrogens (primary N) is 1. The molecule has 3 heterocycles. The summed E-state index contributed by atoms with van der Waals surface area (Å²) < 4.78 is 16.4. The second-order valence-corrected chi connectivity index (χ2v) is 6.90. The van der Waals surface area contributed by atoms with Crippen LogP contribution in [0, 0.1) is 5.82 Å². The van der Waals surface area contributed by atoms with E-state index in [1.807, 2.05) is 0 Å². The van der Waals surface area contributed by atoms with Gasteiger partial charge < -0.3 is 10.3 Å². The molecule has 1 aromatic carbocycles. The number of aromatic nitrogens is 2. The molecule has 0 aliphatic carbocycles. The third-order valence-corrected chi connectivity index (χ3v) is 5.52. The van der Waals surface area contributed by atoms with Crippen LogP contribution < -0.4 is 5.73 Å². The van der Waals surface area contributed by atoms with Crippen LogP contribution in [0.2, 0.25) is 0 Å². The Hall–Kier alpha value is -1.14. The number of anilines is 1. The number of fused-ring (bicyclic) bond motifs is 2. The van der Waals surface area contributed by atoms with Crippen molar-refractivity contribution in [3.05, 3.63) is 22.4 Å². The van der Waals surface area contributed by atoms with Gasteiger partial charge in [0, 0.05) is 18.7 Å². The maximum Gasteiger partial charge on any atom is 0.201 e. The normalized spacial score (nSPS) is 26.4. The number of nitrogens with zero attached hydrogens (tertiary/aromatic N) is 3. The maximum atomic E-state index is 13.9. The average Bonchev–Trinajstić information content (AvgIpc) is 3.00. The van der Waals surface area contributed by atoms with Gasteiger partial charge in [-0.05, 0) is 47.8 Å². The summed E-state index contributed by atoms with van der Waals surface area (Å²) in [6.45, 7) is 2.28. The molecule has 2 N–H and O–H groups in total. The number of hydrogen-bond acceptors (Lipinski definition) is 3. The predicted molar refractivity (Wildman–Crippen MR) is 84.7 cm³/mol. The largest absolute Gasteiger partial charge is 0.369 e. The monoisotopic (exact) mass is 352 g/mol. The lowest BCUT2D eigenvalue weighted by Gasteiger charge is -2.33. The van der Waals surface area contributed by atoms with Crippen LogP contribution in [-0.2, 0) is 0 Å². The molecule has 6 heteroatoms. The van der Waals surface area contributed by atoms with E-state index in [1.54, 1.807) is 12.1 Å². The highest BCUT2D eigenvalue weighted by Gasteiger charge is 2.38. The highest BCUT2D eigenvalue weighted by atomic mass is 79.9. The molecule has 0 radical (unpaired) electrons. The molecule has 0 spiro atoms. The molecule has 2 atom stereocenters. The van der Waals surface area contributed by atoms with E-state index < -0.39 is 0 Å². The minimum Gasteiger partial charge on any atom is -0.369 e. The first-order valence-corrected chi connectivity index (χ1v) is 8.31. The quantitative estimate of drug-likeness (QED) is 0.856. The first-order valence-electron chi connectivity index (χ1n) is 7.51. The number of imidazole rings is 1. The molecule has 1 aromatic heterocycles. The molecule has 0 amide bonds. The smallest absolute Gasteiger partial charge is 0.201 e. The molecule has 2 aliphatic rings. The van der Waals surface area contributed by atoms with Gasteiger partial charge in [0.15, 0.2) is 0 Å². The van der Waals surface area contributed by atoms with Gasteiger partial charge in [-0.25, -0.2) is 9.37 Å². The molecule has 4 nitrogen and oxygen atoms in total. The highest BCUT2D eigenvalue weighted by Crippen LogP contribution is 2.39. The molecule has 2 unspecified atom stereocenters. The molecule has 2 saturated heterocycles. The van der Waals surface area contributed by atoms with Gasteiger partial charge in [0.1, 0.15) is 5.82 Å². The van der Waals surface area contributed by atoms with E-state index in [0.717, 1.165) is 24.0 Å². The second-order valence-electron chi connectivity index (χ2n) is 6.05. The summed E-state index contributed by atoms with van der Waals surface area (Å²) in [6.07, 6.45) is 4.82. The molecule has 0 bridgehead atoms. The second kappa shape index (κ2) is 4.95. The Morgan fingerprint density at radius 2 is 2.05 bits per heavy atom. The van der Waals surface area contributed by atoms with Gasteiger partial charge in [-0.2, -0.15) is 0 Å². The summed E-state index contributed by atoms with van der Waals surface area (Å²) in [7, 11) is 0. The molecule has 2 aromatic rings. The number of benzene rings is 1. The number of piperidine rings is 1. The minimum absolute atomic E-state index is 0.262. The fourth-order valence-electron chi connectivity index (χ4n) is 3.98. The summed E-state index contributed by atoms with van der Waals surface area (Å²) in [5.41, 5.74) is 7.72. The SMILES string of the molecule is Nc1nc2cc(Br)c(F)cc2n1C1CCN2CCCCC12. The van der Waals surface area contributed by atoms with Gasteiger partial charge in [0.2, 0.25) is 5.95 Å². The Morgan fingerprint density at radius 3 is 2.90 bits per heavy atom. The van der Waals surface area contributed by atoms with Crippen molar-refractivity contribution in [1.82, 2.24) is 14.5 Å². The predicted octanol–water partition coefficient (Wildman–Crippen LogP) is 3.32. The Balaban J connectivity index is 1.82. The number of hydrogen-bond donors (Lipinski definition) is 1. The molecule has 0 saturated carbocycles. The van der Waals surface area contributed by atoms with Gasteiger partial charge in [0.25, 0.3) is 0 Å². The Bertz CT molecular complexity index is 699. The van der Waals surface area contributed by atoms with E-state index in [4.69, 9.17) is 5.73 Å². The molecule has 112 valence electrons. The van der Waals surface area contributed by atoms with Gasteiger partial charge in [0.05, 0.1) is 21.5 Å². The average molecular weight is 353 g/mol. The highest BCUT2D eigenvalue weighted by molar-refractivity contribution is 9.10. The van der Waals surface area contributed by atoms with Crippen molar-refractivity contribution >= 4 is 32.9 Å². The lowest BCUT2D eigenvalue weighted by atomic mass is 9.98. The van der Waals surface area contributed by atoms with Crippen molar-refractivity contribution < 1.29 is 4.39 Å². The summed E-state index contributed by atoms with van der Waals surface area (Å²) in [6, 6.07) is 4.10. The number of rotatable bonds is 1. The van der Waals surface area contributed by atoms with Crippen LogP contribution >= 0.6 is 15.9 Å². The van der Waals surface area contributed by atoms with Crippen molar-refractivity contribution in [2.75, 3.05) is 18.8 Å². The zero-order chi connectivity index (χ0) is 14.6. The first kappa shape index (κ1) is 13.5. The van der Waals surface area contributed by atoms with Crippen LogP contribution in [-0.4, -0.2) is 33.6 Å². The van der Waals surface area contributed by atoms with Crippen molar-refractivity contribution in [3.63, 3.8) is 0 Å². The topological polar surface area (TPSA) is 47.1 Å². The van der Waals surface area contributed by atoms with Crippen LogP contribution in [0.25, 0.3) is 11.0 Å². The van der Waals surface area contributed by atoms with Gasteiger partial charge in [-0.15, -0.1) is 0 Å². The molecular weight excluding hydrogens is 335 g/mol. The zero-order valence-corrected chi connectivity index (χ0v) is 13.3. The summed E-state index contributed by atoms with van der Waals surface area (Å²) in [4.78, 5) is 6.97. The Labute approximate surface area is 131 Å². The van der Waals surface area contributed by atoms with Gasteiger partial charge in [-0.1, -0.05) is 6.42 Å². The van der Waals surface area contributed by atoms with Crippen LogP contribution in [0.15, 0.2) is 16.6 Å². The number of halogens is 2. The van der Waals surface area contributed by atoms with E-state index in [-0.39, 0.29) is 5.82 Å². The van der Waals surface area contributed by atoms with Crippen molar-refractivity contribution in [2.45, 2.75) is 37.8 Å². The van der Waals surface area contributed by atoms with Crippen LogP contribution in [0.3, 0.4) is 0 Å². The Kier molecular flexibility index (Phi) is 3.19. The van der Waals surface area contributed by atoms with Crippen LogP contribution in [0.5, 0.6) is 0 Å².